The van der Waals surface area contributed by atoms with E-state index in [-0.39, 0.29) is 6.61 Å². The van der Waals surface area contributed by atoms with Crippen molar-refractivity contribution in [2.24, 2.45) is 5.73 Å². The number of unbranched alkanes of at least 4 members (excludes halogenated alkanes) is 1. The molecular formula is C21H24N2O4. The molecule has 3 rings (SSSR count). The zero-order valence-electron chi connectivity index (χ0n) is 15.1. The molecule has 4 N–H and O–H groups in total. The summed E-state index contributed by atoms with van der Waals surface area (Å²) in [5.74, 6) is -1.07. The number of benzene rings is 2. The van der Waals surface area contributed by atoms with Crippen LogP contribution in [0.25, 0.3) is 11.1 Å². The minimum atomic E-state index is -1.07. The number of amides is 1. The number of carboxylic acids is 1. The summed E-state index contributed by atoms with van der Waals surface area (Å²) in [6.07, 6.45) is 1.78. The van der Waals surface area contributed by atoms with Gasteiger partial charge in [0.1, 0.15) is 12.6 Å². The van der Waals surface area contributed by atoms with Crippen LogP contribution in [0.4, 0.5) is 4.79 Å². The largest absolute Gasteiger partial charge is 0.480 e. The summed E-state index contributed by atoms with van der Waals surface area (Å²) in [5.41, 5.74) is 11.2. The molecule has 1 amide bonds. The lowest BCUT2D eigenvalue weighted by Gasteiger charge is -2.15. The van der Waals surface area contributed by atoms with Gasteiger partial charge in [-0.25, -0.2) is 9.59 Å². The summed E-state index contributed by atoms with van der Waals surface area (Å²) >= 11 is 0. The molecule has 0 saturated carbocycles. The van der Waals surface area contributed by atoms with Gasteiger partial charge in [0, 0.05) is 0 Å². The van der Waals surface area contributed by atoms with Crippen molar-refractivity contribution in [1.29, 1.82) is 0 Å². The molecule has 27 heavy (non-hydrogen) atoms. The molecule has 0 radical (unpaired) electrons. The van der Waals surface area contributed by atoms with Crippen LogP contribution in [0.1, 0.15) is 36.0 Å². The highest BCUT2D eigenvalue weighted by Gasteiger charge is 2.22. The third-order valence-electron chi connectivity index (χ3n) is 4.84. The summed E-state index contributed by atoms with van der Waals surface area (Å²) in [4.78, 5) is 23.3. The molecule has 1 aliphatic rings. The Labute approximate surface area is 158 Å². The molecule has 0 heterocycles. The van der Waals surface area contributed by atoms with Gasteiger partial charge >= 0.3 is 12.1 Å². The highest BCUT2D eigenvalue weighted by molar-refractivity contribution is 5.80. The van der Waals surface area contributed by atoms with Gasteiger partial charge in [-0.2, -0.15) is 0 Å². The number of carbonyl (C=O) groups is 2. The fourth-order valence-electron chi connectivity index (χ4n) is 3.44. The first-order valence-electron chi connectivity index (χ1n) is 9.15. The Morgan fingerprint density at radius 2 is 1.89 bits per heavy atom. The third-order valence-corrected chi connectivity index (χ3v) is 4.84. The SMILES string of the molecule is NCCCC[C@H](NC(=O)OCc1cccc2c1Cc1ccccc1-2)C(=O)O. The molecular weight excluding hydrogens is 344 g/mol. The maximum atomic E-state index is 12.1. The minimum absolute atomic E-state index is 0.109. The Balaban J connectivity index is 1.61. The molecule has 6 nitrogen and oxygen atoms in total. The second-order valence-electron chi connectivity index (χ2n) is 6.67. The highest BCUT2D eigenvalue weighted by Crippen LogP contribution is 2.38. The first-order chi connectivity index (χ1) is 13.1. The van der Waals surface area contributed by atoms with Crippen molar-refractivity contribution in [3.63, 3.8) is 0 Å². The summed E-state index contributed by atoms with van der Waals surface area (Å²) < 4.78 is 5.30. The van der Waals surface area contributed by atoms with Gasteiger partial charge in [-0.05, 0) is 60.0 Å². The molecule has 0 spiro atoms. The zero-order chi connectivity index (χ0) is 19.2. The second kappa shape index (κ2) is 8.68. The summed E-state index contributed by atoms with van der Waals surface area (Å²) in [6.45, 7) is 0.608. The van der Waals surface area contributed by atoms with Crippen LogP contribution in [0.2, 0.25) is 0 Å². The van der Waals surface area contributed by atoms with Crippen molar-refractivity contribution in [1.82, 2.24) is 5.32 Å². The van der Waals surface area contributed by atoms with Gasteiger partial charge in [0.15, 0.2) is 0 Å². The average Bonchev–Trinajstić information content (AvgIpc) is 3.05. The Morgan fingerprint density at radius 3 is 2.67 bits per heavy atom. The van der Waals surface area contributed by atoms with Gasteiger partial charge in [-0.3, -0.25) is 0 Å². The number of nitrogens with two attached hydrogens (primary N) is 1. The number of carboxylic acid groups (broad SMARTS) is 1. The lowest BCUT2D eigenvalue weighted by Crippen LogP contribution is -2.41. The third kappa shape index (κ3) is 4.46. The quantitative estimate of drug-likeness (QED) is 0.531. The van der Waals surface area contributed by atoms with E-state index in [2.05, 4.69) is 23.5 Å². The van der Waals surface area contributed by atoms with Crippen LogP contribution in [0.3, 0.4) is 0 Å². The normalized spacial score (nSPS) is 12.8. The molecule has 0 fully saturated rings. The molecule has 2 aromatic carbocycles. The molecule has 0 aromatic heterocycles. The lowest BCUT2D eigenvalue weighted by atomic mass is 10.0. The number of rotatable bonds is 8. The first kappa shape index (κ1) is 18.9. The van der Waals surface area contributed by atoms with Crippen LogP contribution < -0.4 is 11.1 Å². The fourth-order valence-corrected chi connectivity index (χ4v) is 3.44. The van der Waals surface area contributed by atoms with E-state index in [0.717, 1.165) is 29.5 Å². The second-order valence-corrected chi connectivity index (χ2v) is 6.67. The van der Waals surface area contributed by atoms with Crippen LogP contribution in [-0.4, -0.2) is 29.8 Å². The molecule has 142 valence electrons. The van der Waals surface area contributed by atoms with E-state index >= 15 is 0 Å². The predicted molar refractivity (Wildman–Crippen MR) is 102 cm³/mol. The molecule has 0 bridgehead atoms. The highest BCUT2D eigenvalue weighted by atomic mass is 16.5. The number of nitrogens with one attached hydrogen (secondary N) is 1. The topological polar surface area (TPSA) is 102 Å². The number of alkyl carbamates (subject to hydrolysis) is 1. The Morgan fingerprint density at radius 1 is 1.11 bits per heavy atom. The number of fused-ring (bicyclic) bond motifs is 3. The Hall–Kier alpha value is -2.86. The summed E-state index contributed by atoms with van der Waals surface area (Å²) in [5, 5.41) is 11.7. The van der Waals surface area contributed by atoms with Crippen molar-refractivity contribution < 1.29 is 19.4 Å². The van der Waals surface area contributed by atoms with Gasteiger partial charge in [-0.1, -0.05) is 42.5 Å². The number of hydrogen-bond acceptors (Lipinski definition) is 4. The minimum Gasteiger partial charge on any atom is -0.480 e. The van der Waals surface area contributed by atoms with Crippen LogP contribution in [0, 0.1) is 0 Å². The molecule has 0 saturated heterocycles. The molecule has 0 unspecified atom stereocenters. The van der Waals surface area contributed by atoms with E-state index in [1.54, 1.807) is 0 Å². The van der Waals surface area contributed by atoms with Crippen LogP contribution >= 0.6 is 0 Å². The van der Waals surface area contributed by atoms with E-state index in [1.165, 1.54) is 11.1 Å². The number of aliphatic carboxylic acids is 1. The molecule has 1 aliphatic carbocycles. The molecule has 6 heteroatoms. The van der Waals surface area contributed by atoms with Crippen molar-refractivity contribution in [2.75, 3.05) is 6.54 Å². The number of carbonyl (C=O) groups excluding carboxylic acids is 1. The van der Waals surface area contributed by atoms with E-state index in [4.69, 9.17) is 10.5 Å². The van der Waals surface area contributed by atoms with Crippen molar-refractivity contribution in [3.8, 4) is 11.1 Å². The Bertz CT molecular complexity index is 835. The standard InChI is InChI=1S/C21H24N2O4/c22-11-4-3-10-19(20(24)25)23-21(26)27-13-15-7-5-9-17-16-8-2-1-6-14(16)12-18(15)17/h1-2,5-9,19H,3-4,10-13,22H2,(H,23,26)(H,24,25)/t19-/m0/s1. The van der Waals surface area contributed by atoms with E-state index in [9.17, 15) is 14.7 Å². The van der Waals surface area contributed by atoms with Gasteiger partial charge in [0.2, 0.25) is 0 Å². The number of ether oxygens (including phenoxy) is 1. The van der Waals surface area contributed by atoms with Crippen molar-refractivity contribution >= 4 is 12.1 Å². The fraction of sp³-hybridized carbons (Fsp3) is 0.333. The van der Waals surface area contributed by atoms with E-state index in [1.807, 2.05) is 24.3 Å². The molecule has 1 atom stereocenters. The summed E-state index contributed by atoms with van der Waals surface area (Å²) in [7, 11) is 0. The first-order valence-corrected chi connectivity index (χ1v) is 9.15. The lowest BCUT2D eigenvalue weighted by molar-refractivity contribution is -0.139. The Kier molecular flexibility index (Phi) is 6.08. The van der Waals surface area contributed by atoms with Crippen LogP contribution in [-0.2, 0) is 22.6 Å². The van der Waals surface area contributed by atoms with Crippen molar-refractivity contribution in [2.45, 2.75) is 38.3 Å². The smallest absolute Gasteiger partial charge is 0.408 e. The van der Waals surface area contributed by atoms with Gasteiger partial charge in [0.25, 0.3) is 0 Å². The monoisotopic (exact) mass is 368 g/mol. The van der Waals surface area contributed by atoms with Crippen molar-refractivity contribution in [3.05, 3.63) is 59.2 Å². The maximum absolute atomic E-state index is 12.1. The van der Waals surface area contributed by atoms with E-state index in [0.29, 0.717) is 19.4 Å². The predicted octanol–water partition coefficient (Wildman–Crippen LogP) is 3.07. The van der Waals surface area contributed by atoms with Gasteiger partial charge < -0.3 is 20.9 Å². The van der Waals surface area contributed by atoms with E-state index < -0.39 is 18.1 Å². The maximum Gasteiger partial charge on any atom is 0.408 e. The van der Waals surface area contributed by atoms with Gasteiger partial charge in [0.05, 0.1) is 0 Å². The van der Waals surface area contributed by atoms with Gasteiger partial charge in [-0.15, -0.1) is 0 Å². The average molecular weight is 368 g/mol. The van der Waals surface area contributed by atoms with Crippen LogP contribution in [0.5, 0.6) is 0 Å². The molecule has 0 aliphatic heterocycles. The molecule has 2 aromatic rings. The number of hydrogen-bond donors (Lipinski definition) is 3. The zero-order valence-corrected chi connectivity index (χ0v) is 15.1. The summed E-state index contributed by atoms with van der Waals surface area (Å²) in [6, 6.07) is 13.2. The van der Waals surface area contributed by atoms with Crippen LogP contribution in [0.15, 0.2) is 42.5 Å².